The number of anilines is 1. The van der Waals surface area contributed by atoms with Gasteiger partial charge in [0.15, 0.2) is 0 Å². The lowest BCUT2D eigenvalue weighted by Gasteiger charge is -2.30. The van der Waals surface area contributed by atoms with E-state index in [-0.39, 0.29) is 11.5 Å². The average Bonchev–Trinajstić information content (AvgIpc) is 2.60. The molecule has 6 nitrogen and oxygen atoms in total. The second kappa shape index (κ2) is 7.49. The van der Waals surface area contributed by atoms with E-state index in [4.69, 9.17) is 0 Å². The smallest absolute Gasteiger partial charge is 0.276 e. The zero-order valence-corrected chi connectivity index (χ0v) is 16.0. The molecule has 3 rings (SSSR count). The van der Waals surface area contributed by atoms with Gasteiger partial charge in [0, 0.05) is 25.1 Å². The molecule has 2 aromatic rings. The van der Waals surface area contributed by atoms with Crippen molar-refractivity contribution in [2.75, 3.05) is 38.6 Å². The Morgan fingerprint density at radius 1 is 1.20 bits per heavy atom. The van der Waals surface area contributed by atoms with Crippen molar-refractivity contribution < 1.29 is 4.79 Å². The highest BCUT2D eigenvalue weighted by atomic mass is 79.9. The average molecular weight is 405 g/mol. The monoisotopic (exact) mass is 404 g/mol. The molecule has 0 atom stereocenters. The molecule has 0 spiro atoms. The molecular formula is C18H21BrN4O2. The van der Waals surface area contributed by atoms with Crippen molar-refractivity contribution in [3.05, 3.63) is 45.2 Å². The number of fused-ring (bicyclic) bond motifs is 1. The molecule has 1 aliphatic rings. The summed E-state index contributed by atoms with van der Waals surface area (Å²) in [5.74, 6) is 0.249. The Balaban J connectivity index is 2.04. The van der Waals surface area contributed by atoms with Crippen LogP contribution in [0.25, 0.3) is 11.3 Å². The first-order valence-corrected chi connectivity index (χ1v) is 9.09. The molecule has 0 aliphatic carbocycles. The summed E-state index contributed by atoms with van der Waals surface area (Å²) in [5, 5.41) is 0. The van der Waals surface area contributed by atoms with Gasteiger partial charge >= 0.3 is 0 Å². The molecule has 0 bridgehead atoms. The predicted octanol–water partition coefficient (Wildman–Crippen LogP) is 2.47. The fourth-order valence-electron chi connectivity index (χ4n) is 2.95. The number of benzene rings is 1. The Bertz CT molecular complexity index is 833. The number of aromatic nitrogens is 2. The SMILES string of the molecule is CN(C)CCCN1CCC(=O)n2c1nc(-c1ccccc1)c(Br)c2=O. The summed E-state index contributed by atoms with van der Waals surface area (Å²) in [7, 11) is 4.06. The number of carbonyl (C=O) groups is 1. The van der Waals surface area contributed by atoms with Crippen LogP contribution in [0.15, 0.2) is 39.6 Å². The van der Waals surface area contributed by atoms with Gasteiger partial charge in [-0.05, 0) is 43.0 Å². The molecule has 25 heavy (non-hydrogen) atoms. The minimum absolute atomic E-state index is 0.198. The molecule has 0 saturated carbocycles. The second-order valence-electron chi connectivity index (χ2n) is 6.37. The van der Waals surface area contributed by atoms with Crippen LogP contribution in [-0.4, -0.2) is 54.1 Å². The summed E-state index contributed by atoms with van der Waals surface area (Å²) in [4.78, 5) is 33.9. The van der Waals surface area contributed by atoms with Crippen LogP contribution in [0.3, 0.4) is 0 Å². The molecule has 0 amide bonds. The van der Waals surface area contributed by atoms with Gasteiger partial charge in [-0.2, -0.15) is 0 Å². The number of hydrogen-bond acceptors (Lipinski definition) is 5. The molecule has 7 heteroatoms. The van der Waals surface area contributed by atoms with Crippen molar-refractivity contribution in [1.82, 2.24) is 14.5 Å². The predicted molar refractivity (Wildman–Crippen MR) is 102 cm³/mol. The van der Waals surface area contributed by atoms with Gasteiger partial charge in [-0.1, -0.05) is 30.3 Å². The number of carbonyl (C=O) groups excluding carboxylic acids is 1. The largest absolute Gasteiger partial charge is 0.341 e. The highest BCUT2D eigenvalue weighted by Crippen LogP contribution is 2.27. The molecule has 0 radical (unpaired) electrons. The first kappa shape index (κ1) is 17.8. The van der Waals surface area contributed by atoms with Gasteiger partial charge in [0.1, 0.15) is 4.47 Å². The van der Waals surface area contributed by atoms with E-state index in [9.17, 15) is 9.59 Å². The summed E-state index contributed by atoms with van der Waals surface area (Å²) in [5.41, 5.74) is 1.08. The van der Waals surface area contributed by atoms with Gasteiger partial charge in [0.2, 0.25) is 11.9 Å². The zero-order chi connectivity index (χ0) is 18.0. The van der Waals surface area contributed by atoms with E-state index in [2.05, 4.69) is 25.8 Å². The Hall–Kier alpha value is -1.99. The minimum atomic E-state index is -0.342. The summed E-state index contributed by atoms with van der Waals surface area (Å²) in [6.45, 7) is 2.29. The van der Waals surface area contributed by atoms with Crippen molar-refractivity contribution in [2.45, 2.75) is 12.8 Å². The molecule has 2 heterocycles. The van der Waals surface area contributed by atoms with Crippen molar-refractivity contribution in [2.24, 2.45) is 0 Å². The minimum Gasteiger partial charge on any atom is -0.341 e. The lowest BCUT2D eigenvalue weighted by Crippen LogP contribution is -2.43. The van der Waals surface area contributed by atoms with Crippen molar-refractivity contribution >= 4 is 27.8 Å². The molecule has 0 N–H and O–H groups in total. The first-order chi connectivity index (χ1) is 12.0. The van der Waals surface area contributed by atoms with E-state index in [1.165, 1.54) is 4.57 Å². The van der Waals surface area contributed by atoms with E-state index >= 15 is 0 Å². The Labute approximate surface area is 155 Å². The third-order valence-electron chi connectivity index (χ3n) is 4.22. The quantitative estimate of drug-likeness (QED) is 0.765. The molecule has 1 aromatic carbocycles. The molecule has 1 aromatic heterocycles. The van der Waals surface area contributed by atoms with Crippen LogP contribution < -0.4 is 10.5 Å². The van der Waals surface area contributed by atoms with Crippen LogP contribution >= 0.6 is 15.9 Å². The lowest BCUT2D eigenvalue weighted by molar-refractivity contribution is 0.0889. The molecular weight excluding hydrogens is 384 g/mol. The lowest BCUT2D eigenvalue weighted by atomic mass is 10.1. The zero-order valence-electron chi connectivity index (χ0n) is 14.4. The Morgan fingerprint density at radius 3 is 2.60 bits per heavy atom. The number of rotatable bonds is 5. The van der Waals surface area contributed by atoms with Gasteiger partial charge in [0.25, 0.3) is 5.56 Å². The van der Waals surface area contributed by atoms with Crippen molar-refractivity contribution in [1.29, 1.82) is 0 Å². The first-order valence-electron chi connectivity index (χ1n) is 8.30. The third kappa shape index (κ3) is 3.67. The van der Waals surface area contributed by atoms with Gasteiger partial charge in [-0.25, -0.2) is 9.55 Å². The van der Waals surface area contributed by atoms with Gasteiger partial charge in [0.05, 0.1) is 5.69 Å². The maximum absolute atomic E-state index is 12.8. The van der Waals surface area contributed by atoms with Crippen molar-refractivity contribution in [3.63, 3.8) is 0 Å². The molecule has 0 fully saturated rings. The Kier molecular flexibility index (Phi) is 5.34. The summed E-state index contributed by atoms with van der Waals surface area (Å²) >= 11 is 3.34. The molecule has 0 saturated heterocycles. The number of nitrogens with zero attached hydrogens (tertiary/aromatic N) is 4. The van der Waals surface area contributed by atoms with E-state index in [0.29, 0.717) is 29.1 Å². The number of hydrogen-bond donors (Lipinski definition) is 0. The fraction of sp³-hybridized carbons (Fsp3) is 0.389. The second-order valence-corrected chi connectivity index (χ2v) is 7.16. The van der Waals surface area contributed by atoms with Crippen LogP contribution in [0, 0.1) is 0 Å². The maximum Gasteiger partial charge on any atom is 0.276 e. The highest BCUT2D eigenvalue weighted by molar-refractivity contribution is 9.10. The summed E-state index contributed by atoms with van der Waals surface area (Å²) in [6.07, 6.45) is 1.27. The summed E-state index contributed by atoms with van der Waals surface area (Å²) in [6, 6.07) is 9.54. The normalized spacial score (nSPS) is 14.1. The van der Waals surface area contributed by atoms with Gasteiger partial charge in [-0.3, -0.25) is 9.59 Å². The van der Waals surface area contributed by atoms with Crippen LogP contribution in [-0.2, 0) is 0 Å². The maximum atomic E-state index is 12.8. The fourth-order valence-corrected chi connectivity index (χ4v) is 3.44. The summed E-state index contributed by atoms with van der Waals surface area (Å²) < 4.78 is 1.53. The molecule has 1 aliphatic heterocycles. The van der Waals surface area contributed by atoms with Crippen molar-refractivity contribution in [3.8, 4) is 11.3 Å². The van der Waals surface area contributed by atoms with Crippen LogP contribution in [0.2, 0.25) is 0 Å². The van der Waals surface area contributed by atoms with E-state index in [0.717, 1.165) is 25.1 Å². The van der Waals surface area contributed by atoms with E-state index in [1.807, 2.05) is 49.3 Å². The van der Waals surface area contributed by atoms with Crippen LogP contribution in [0.4, 0.5) is 5.95 Å². The van der Waals surface area contributed by atoms with Gasteiger partial charge in [-0.15, -0.1) is 0 Å². The van der Waals surface area contributed by atoms with Crippen LogP contribution in [0.5, 0.6) is 0 Å². The van der Waals surface area contributed by atoms with Crippen LogP contribution in [0.1, 0.15) is 17.6 Å². The van der Waals surface area contributed by atoms with E-state index in [1.54, 1.807) is 0 Å². The van der Waals surface area contributed by atoms with Gasteiger partial charge < -0.3 is 9.80 Å². The molecule has 0 unspecified atom stereocenters. The Morgan fingerprint density at radius 2 is 1.92 bits per heavy atom. The third-order valence-corrected chi connectivity index (χ3v) is 4.93. The number of halogens is 1. The van der Waals surface area contributed by atoms with E-state index < -0.39 is 0 Å². The molecule has 132 valence electrons. The topological polar surface area (TPSA) is 58.4 Å². The standard InChI is InChI=1S/C18H21BrN4O2/c1-21(2)10-6-11-22-12-9-14(24)23-17(25)15(19)16(20-18(22)23)13-7-4-3-5-8-13/h3-5,7-8H,6,9-12H2,1-2H3. The highest BCUT2D eigenvalue weighted by Gasteiger charge is 2.28.